The van der Waals surface area contributed by atoms with Crippen molar-refractivity contribution in [1.82, 2.24) is 0 Å². The molecule has 0 heterocycles. The standard InChI is InChI=1S/C9H16O2/c1-9(2,11-10)8-6-4-3-5-7-8/h3-4,8,10H,5-7H2,1-2H3. The molecule has 0 aromatic heterocycles. The summed E-state index contributed by atoms with van der Waals surface area (Å²) in [6.45, 7) is 3.85. The maximum atomic E-state index is 8.62. The summed E-state index contributed by atoms with van der Waals surface area (Å²) in [5.41, 5.74) is -0.384. The first-order chi connectivity index (χ1) is 5.17. The van der Waals surface area contributed by atoms with Crippen LogP contribution in [0.25, 0.3) is 0 Å². The molecule has 1 aliphatic carbocycles. The molecule has 64 valence electrons. The first kappa shape index (κ1) is 8.75. The van der Waals surface area contributed by atoms with Crippen molar-refractivity contribution in [2.24, 2.45) is 5.92 Å². The van der Waals surface area contributed by atoms with Gasteiger partial charge < -0.3 is 0 Å². The van der Waals surface area contributed by atoms with E-state index in [4.69, 9.17) is 5.26 Å². The Bertz CT molecular complexity index is 150. The van der Waals surface area contributed by atoms with Crippen LogP contribution >= 0.6 is 0 Å². The zero-order valence-electron chi connectivity index (χ0n) is 7.21. The third kappa shape index (κ3) is 2.04. The molecule has 1 aliphatic rings. The van der Waals surface area contributed by atoms with Crippen LogP contribution in [0.15, 0.2) is 12.2 Å². The summed E-state index contributed by atoms with van der Waals surface area (Å²) in [7, 11) is 0. The molecule has 1 N–H and O–H groups in total. The molecule has 0 aromatic carbocycles. The van der Waals surface area contributed by atoms with E-state index in [1.807, 2.05) is 13.8 Å². The molecule has 0 saturated heterocycles. The molecule has 1 atom stereocenters. The monoisotopic (exact) mass is 156 g/mol. The molecule has 0 spiro atoms. The van der Waals surface area contributed by atoms with E-state index < -0.39 is 0 Å². The van der Waals surface area contributed by atoms with Crippen molar-refractivity contribution in [2.45, 2.75) is 38.7 Å². The summed E-state index contributed by atoms with van der Waals surface area (Å²) < 4.78 is 0. The first-order valence-corrected chi connectivity index (χ1v) is 4.14. The van der Waals surface area contributed by atoms with Crippen LogP contribution in [0.4, 0.5) is 0 Å². The average Bonchev–Trinajstić information content (AvgIpc) is 2.06. The highest BCUT2D eigenvalue weighted by Crippen LogP contribution is 2.30. The van der Waals surface area contributed by atoms with E-state index in [1.165, 1.54) is 0 Å². The van der Waals surface area contributed by atoms with Gasteiger partial charge in [0, 0.05) is 0 Å². The van der Waals surface area contributed by atoms with Gasteiger partial charge in [0.25, 0.3) is 0 Å². The molecule has 1 unspecified atom stereocenters. The Labute approximate surface area is 67.8 Å². The largest absolute Gasteiger partial charge is 0.251 e. The minimum Gasteiger partial charge on any atom is -0.251 e. The number of allylic oxidation sites excluding steroid dienone is 2. The van der Waals surface area contributed by atoms with Crippen LogP contribution < -0.4 is 0 Å². The molecule has 1 rings (SSSR count). The SMILES string of the molecule is CC(C)(OO)C1CC=CCC1. The van der Waals surface area contributed by atoms with Gasteiger partial charge in [-0.15, -0.1) is 0 Å². The van der Waals surface area contributed by atoms with Crippen LogP contribution in [-0.4, -0.2) is 10.9 Å². The maximum Gasteiger partial charge on any atom is 0.101 e. The fourth-order valence-corrected chi connectivity index (χ4v) is 1.50. The summed E-state index contributed by atoms with van der Waals surface area (Å²) in [6, 6.07) is 0. The van der Waals surface area contributed by atoms with Crippen LogP contribution in [0.1, 0.15) is 33.1 Å². The van der Waals surface area contributed by atoms with E-state index in [1.54, 1.807) is 0 Å². The van der Waals surface area contributed by atoms with Crippen molar-refractivity contribution in [1.29, 1.82) is 0 Å². The third-order valence-corrected chi connectivity index (χ3v) is 2.49. The number of hydrogen-bond acceptors (Lipinski definition) is 2. The minimum absolute atomic E-state index is 0.384. The van der Waals surface area contributed by atoms with Gasteiger partial charge in [-0.3, -0.25) is 5.26 Å². The zero-order chi connectivity index (χ0) is 8.32. The fraction of sp³-hybridized carbons (Fsp3) is 0.778. The Morgan fingerprint density at radius 1 is 1.45 bits per heavy atom. The van der Waals surface area contributed by atoms with E-state index in [-0.39, 0.29) is 5.60 Å². The Kier molecular flexibility index (Phi) is 2.68. The molecular weight excluding hydrogens is 140 g/mol. The number of hydrogen-bond donors (Lipinski definition) is 1. The normalized spacial score (nSPS) is 25.5. The molecule has 2 nitrogen and oxygen atoms in total. The van der Waals surface area contributed by atoms with Gasteiger partial charge in [-0.2, -0.15) is 0 Å². The van der Waals surface area contributed by atoms with E-state index in [0.717, 1.165) is 19.3 Å². The Morgan fingerprint density at radius 3 is 2.64 bits per heavy atom. The number of rotatable bonds is 2. The summed E-state index contributed by atoms with van der Waals surface area (Å²) >= 11 is 0. The van der Waals surface area contributed by atoms with Gasteiger partial charge in [0.2, 0.25) is 0 Å². The lowest BCUT2D eigenvalue weighted by Gasteiger charge is -2.31. The second-order valence-corrected chi connectivity index (χ2v) is 3.68. The highest BCUT2D eigenvalue weighted by atomic mass is 17.1. The molecule has 0 bridgehead atoms. The predicted molar refractivity (Wildman–Crippen MR) is 44.3 cm³/mol. The summed E-state index contributed by atoms with van der Waals surface area (Å²) in [4.78, 5) is 4.44. The summed E-state index contributed by atoms with van der Waals surface area (Å²) in [5.74, 6) is 0.456. The summed E-state index contributed by atoms with van der Waals surface area (Å²) in [5, 5.41) is 8.62. The van der Waals surface area contributed by atoms with Gasteiger partial charge in [0.05, 0.1) is 0 Å². The Hall–Kier alpha value is -0.340. The smallest absolute Gasteiger partial charge is 0.101 e. The van der Waals surface area contributed by atoms with Crippen LogP contribution in [0.2, 0.25) is 0 Å². The van der Waals surface area contributed by atoms with Gasteiger partial charge in [0.15, 0.2) is 0 Å². The molecule has 0 amide bonds. The summed E-state index contributed by atoms with van der Waals surface area (Å²) in [6.07, 6.45) is 7.59. The zero-order valence-corrected chi connectivity index (χ0v) is 7.21. The Morgan fingerprint density at radius 2 is 2.18 bits per heavy atom. The van der Waals surface area contributed by atoms with Crippen molar-refractivity contribution < 1.29 is 10.1 Å². The third-order valence-electron chi connectivity index (χ3n) is 2.49. The van der Waals surface area contributed by atoms with Crippen molar-refractivity contribution in [3.05, 3.63) is 12.2 Å². The van der Waals surface area contributed by atoms with E-state index in [0.29, 0.717) is 5.92 Å². The molecule has 0 saturated carbocycles. The van der Waals surface area contributed by atoms with Crippen molar-refractivity contribution in [3.63, 3.8) is 0 Å². The predicted octanol–water partition coefficient (Wildman–Crippen LogP) is 2.61. The maximum absolute atomic E-state index is 8.62. The van der Waals surface area contributed by atoms with Crippen molar-refractivity contribution in [2.75, 3.05) is 0 Å². The van der Waals surface area contributed by atoms with Gasteiger partial charge in [-0.1, -0.05) is 12.2 Å². The topological polar surface area (TPSA) is 29.5 Å². The van der Waals surface area contributed by atoms with Crippen molar-refractivity contribution >= 4 is 0 Å². The minimum atomic E-state index is -0.384. The average molecular weight is 156 g/mol. The quantitative estimate of drug-likeness (QED) is 0.378. The van der Waals surface area contributed by atoms with Crippen LogP contribution in [-0.2, 0) is 4.89 Å². The first-order valence-electron chi connectivity index (χ1n) is 4.14. The second-order valence-electron chi connectivity index (χ2n) is 3.68. The Balaban J connectivity index is 2.52. The molecule has 0 fully saturated rings. The fourth-order valence-electron chi connectivity index (χ4n) is 1.50. The van der Waals surface area contributed by atoms with E-state index >= 15 is 0 Å². The van der Waals surface area contributed by atoms with Gasteiger partial charge in [-0.25, -0.2) is 4.89 Å². The van der Waals surface area contributed by atoms with Gasteiger partial charge >= 0.3 is 0 Å². The lowest BCUT2D eigenvalue weighted by molar-refractivity contribution is -0.327. The molecule has 11 heavy (non-hydrogen) atoms. The molecular formula is C9H16O2. The highest BCUT2D eigenvalue weighted by Gasteiger charge is 2.30. The van der Waals surface area contributed by atoms with Crippen LogP contribution in [0.5, 0.6) is 0 Å². The lowest BCUT2D eigenvalue weighted by Crippen LogP contribution is -2.33. The van der Waals surface area contributed by atoms with Crippen LogP contribution in [0, 0.1) is 5.92 Å². The van der Waals surface area contributed by atoms with E-state index in [2.05, 4.69) is 17.0 Å². The molecule has 2 heteroatoms. The molecule has 0 aromatic rings. The molecule has 0 aliphatic heterocycles. The van der Waals surface area contributed by atoms with Crippen LogP contribution in [0.3, 0.4) is 0 Å². The van der Waals surface area contributed by atoms with Gasteiger partial charge in [-0.05, 0) is 39.0 Å². The molecule has 0 radical (unpaired) electrons. The lowest BCUT2D eigenvalue weighted by atomic mass is 9.82. The van der Waals surface area contributed by atoms with Gasteiger partial charge in [0.1, 0.15) is 5.60 Å². The van der Waals surface area contributed by atoms with Crippen molar-refractivity contribution in [3.8, 4) is 0 Å². The highest BCUT2D eigenvalue weighted by molar-refractivity contribution is 4.95. The van der Waals surface area contributed by atoms with E-state index in [9.17, 15) is 0 Å². The second kappa shape index (κ2) is 3.37.